The van der Waals surface area contributed by atoms with Crippen molar-refractivity contribution >= 4 is 5.69 Å². The van der Waals surface area contributed by atoms with Crippen molar-refractivity contribution in [1.82, 2.24) is 5.32 Å². The number of nitro benzene ring substituents is 1. The van der Waals surface area contributed by atoms with E-state index in [-0.39, 0.29) is 10.6 Å². The van der Waals surface area contributed by atoms with Crippen molar-refractivity contribution < 1.29 is 4.92 Å². The molecule has 0 bridgehead atoms. The zero-order valence-electron chi connectivity index (χ0n) is 12.9. The predicted molar refractivity (Wildman–Crippen MR) is 80.7 cm³/mol. The fraction of sp³-hybridized carbons (Fsp3) is 0.625. The number of non-ortho nitro benzene ring substituents is 1. The molecule has 2 rings (SSSR count). The zero-order valence-corrected chi connectivity index (χ0v) is 12.9. The molecule has 1 aliphatic carbocycles. The van der Waals surface area contributed by atoms with E-state index >= 15 is 0 Å². The van der Waals surface area contributed by atoms with Gasteiger partial charge in [0.15, 0.2) is 0 Å². The lowest BCUT2D eigenvalue weighted by molar-refractivity contribution is -0.384. The van der Waals surface area contributed by atoms with Crippen molar-refractivity contribution in [3.05, 3.63) is 39.9 Å². The number of nitrogens with zero attached hydrogens (tertiary/aromatic N) is 1. The molecule has 1 aliphatic rings. The molecule has 0 aromatic heterocycles. The van der Waals surface area contributed by atoms with Gasteiger partial charge < -0.3 is 5.32 Å². The molecule has 0 saturated heterocycles. The Morgan fingerprint density at radius 1 is 1.20 bits per heavy atom. The Morgan fingerprint density at radius 2 is 1.70 bits per heavy atom. The van der Waals surface area contributed by atoms with Gasteiger partial charge in [-0.25, -0.2) is 0 Å². The van der Waals surface area contributed by atoms with E-state index in [2.05, 4.69) is 33.0 Å². The van der Waals surface area contributed by atoms with Crippen LogP contribution in [0.15, 0.2) is 24.3 Å². The maximum atomic E-state index is 10.7. The minimum absolute atomic E-state index is 0.154. The smallest absolute Gasteiger partial charge is 0.269 e. The van der Waals surface area contributed by atoms with E-state index in [9.17, 15) is 10.1 Å². The van der Waals surface area contributed by atoms with Gasteiger partial charge in [-0.2, -0.15) is 0 Å². The number of nitro groups is 1. The Bertz CT molecular complexity index is 492. The molecule has 1 atom stereocenters. The Balaban J connectivity index is 2.10. The van der Waals surface area contributed by atoms with Gasteiger partial charge in [0.2, 0.25) is 0 Å². The normalized spacial score (nSPS) is 21.4. The third-order valence-corrected chi connectivity index (χ3v) is 5.51. The van der Waals surface area contributed by atoms with E-state index in [1.165, 1.54) is 0 Å². The monoisotopic (exact) mass is 276 g/mol. The summed E-state index contributed by atoms with van der Waals surface area (Å²) in [6, 6.07) is 7.31. The molecule has 0 aliphatic heterocycles. The average Bonchev–Trinajstić information content (AvgIpc) is 2.78. The summed E-state index contributed by atoms with van der Waals surface area (Å²) in [6.45, 7) is 9.27. The summed E-state index contributed by atoms with van der Waals surface area (Å²) in [5.74, 6) is 0.621. The number of likely N-dealkylation sites (N-methyl/N-ethyl adjacent to an activating group) is 1. The van der Waals surface area contributed by atoms with Crippen LogP contribution in [0.2, 0.25) is 0 Å². The highest BCUT2D eigenvalue weighted by molar-refractivity contribution is 5.33. The first-order valence-corrected chi connectivity index (χ1v) is 7.12. The lowest BCUT2D eigenvalue weighted by Gasteiger charge is -2.18. The first-order valence-electron chi connectivity index (χ1n) is 7.12. The number of benzene rings is 1. The number of hydrogen-bond acceptors (Lipinski definition) is 3. The molecule has 4 heteroatoms. The van der Waals surface area contributed by atoms with Crippen molar-refractivity contribution in [2.24, 2.45) is 16.7 Å². The SMILES string of the molecule is CNC(Cc1ccc([N+](=O)[O-])cc1)C1C(C)(C)C1(C)C. The highest BCUT2D eigenvalue weighted by Crippen LogP contribution is 2.69. The van der Waals surface area contributed by atoms with Crippen molar-refractivity contribution in [1.29, 1.82) is 0 Å². The standard InChI is InChI=1S/C16H24N2O2/c1-15(2)14(16(15,3)4)13(17-5)10-11-6-8-12(9-7-11)18(19)20/h6-9,13-14,17H,10H2,1-5H3. The molecule has 1 unspecified atom stereocenters. The van der Waals surface area contributed by atoms with Crippen LogP contribution in [-0.4, -0.2) is 18.0 Å². The topological polar surface area (TPSA) is 55.2 Å². The molecule has 0 spiro atoms. The average molecular weight is 276 g/mol. The summed E-state index contributed by atoms with van der Waals surface area (Å²) in [5, 5.41) is 14.1. The molecule has 0 radical (unpaired) electrons. The first kappa shape index (κ1) is 15.0. The van der Waals surface area contributed by atoms with Crippen molar-refractivity contribution in [2.75, 3.05) is 7.05 Å². The van der Waals surface area contributed by atoms with Crippen LogP contribution in [-0.2, 0) is 6.42 Å². The summed E-state index contributed by atoms with van der Waals surface area (Å²) < 4.78 is 0. The van der Waals surface area contributed by atoms with Gasteiger partial charge in [-0.05, 0) is 35.8 Å². The van der Waals surface area contributed by atoms with Crippen LogP contribution in [0, 0.1) is 26.9 Å². The highest BCUT2D eigenvalue weighted by atomic mass is 16.6. The summed E-state index contributed by atoms with van der Waals surface area (Å²) in [5.41, 5.74) is 1.97. The van der Waals surface area contributed by atoms with Crippen LogP contribution in [0.1, 0.15) is 33.3 Å². The maximum absolute atomic E-state index is 10.7. The number of hydrogen-bond donors (Lipinski definition) is 1. The van der Waals surface area contributed by atoms with Gasteiger partial charge in [0.25, 0.3) is 5.69 Å². The van der Waals surface area contributed by atoms with Crippen LogP contribution in [0.3, 0.4) is 0 Å². The lowest BCUT2D eigenvalue weighted by atomic mass is 9.97. The second-order valence-corrected chi connectivity index (χ2v) is 6.94. The fourth-order valence-corrected chi connectivity index (χ4v) is 3.65. The molecule has 0 amide bonds. The molecular weight excluding hydrogens is 252 g/mol. The maximum Gasteiger partial charge on any atom is 0.269 e. The Morgan fingerprint density at radius 3 is 2.05 bits per heavy atom. The molecular formula is C16H24N2O2. The predicted octanol–water partition coefficient (Wildman–Crippen LogP) is 3.41. The van der Waals surface area contributed by atoms with Gasteiger partial charge in [-0.3, -0.25) is 10.1 Å². The molecule has 1 saturated carbocycles. The first-order chi connectivity index (χ1) is 9.21. The van der Waals surface area contributed by atoms with Crippen molar-refractivity contribution in [3.63, 3.8) is 0 Å². The molecule has 0 heterocycles. The molecule has 4 nitrogen and oxygen atoms in total. The van der Waals surface area contributed by atoms with E-state index in [0.717, 1.165) is 12.0 Å². The van der Waals surface area contributed by atoms with Crippen LogP contribution < -0.4 is 5.32 Å². The van der Waals surface area contributed by atoms with Gasteiger partial charge in [-0.1, -0.05) is 39.8 Å². The van der Waals surface area contributed by atoms with Gasteiger partial charge in [0, 0.05) is 18.2 Å². The third-order valence-electron chi connectivity index (χ3n) is 5.51. The molecule has 1 aromatic rings. The highest BCUT2D eigenvalue weighted by Gasteiger charge is 2.66. The molecule has 1 fully saturated rings. The summed E-state index contributed by atoms with van der Waals surface area (Å²) in [7, 11) is 2.00. The van der Waals surface area contributed by atoms with Crippen LogP contribution in [0.25, 0.3) is 0 Å². The van der Waals surface area contributed by atoms with Gasteiger partial charge in [0.05, 0.1) is 4.92 Å². The second kappa shape index (κ2) is 4.85. The van der Waals surface area contributed by atoms with Crippen molar-refractivity contribution in [3.8, 4) is 0 Å². The van der Waals surface area contributed by atoms with Crippen molar-refractivity contribution in [2.45, 2.75) is 40.2 Å². The summed E-state index contributed by atoms with van der Waals surface area (Å²) >= 11 is 0. The van der Waals surface area contributed by atoms with Crippen LogP contribution in [0.4, 0.5) is 5.69 Å². The van der Waals surface area contributed by atoms with Gasteiger partial charge >= 0.3 is 0 Å². The summed E-state index contributed by atoms with van der Waals surface area (Å²) in [4.78, 5) is 10.3. The van der Waals surface area contributed by atoms with Gasteiger partial charge in [0.1, 0.15) is 0 Å². The molecule has 1 aromatic carbocycles. The van der Waals surface area contributed by atoms with E-state index in [1.54, 1.807) is 12.1 Å². The number of rotatable bonds is 5. The largest absolute Gasteiger partial charge is 0.316 e. The number of nitrogens with one attached hydrogen (secondary N) is 1. The van der Waals surface area contributed by atoms with E-state index in [1.807, 2.05) is 19.2 Å². The Labute approximate surface area is 120 Å². The van der Waals surface area contributed by atoms with Crippen LogP contribution >= 0.6 is 0 Å². The summed E-state index contributed by atoms with van der Waals surface area (Å²) in [6.07, 6.45) is 0.909. The van der Waals surface area contributed by atoms with Crippen LogP contribution in [0.5, 0.6) is 0 Å². The van der Waals surface area contributed by atoms with Gasteiger partial charge in [-0.15, -0.1) is 0 Å². The molecule has 20 heavy (non-hydrogen) atoms. The van der Waals surface area contributed by atoms with E-state index in [4.69, 9.17) is 0 Å². The molecule has 110 valence electrons. The quantitative estimate of drug-likeness (QED) is 0.662. The zero-order chi connectivity index (χ0) is 15.1. The lowest BCUT2D eigenvalue weighted by Crippen LogP contribution is -2.32. The minimum atomic E-state index is -0.355. The molecule has 1 N–H and O–H groups in total. The Hall–Kier alpha value is -1.42. The third kappa shape index (κ3) is 2.33. The fourth-order valence-electron chi connectivity index (χ4n) is 3.65. The van der Waals surface area contributed by atoms with E-state index in [0.29, 0.717) is 22.8 Å². The van der Waals surface area contributed by atoms with E-state index < -0.39 is 0 Å². The minimum Gasteiger partial charge on any atom is -0.316 e. The second-order valence-electron chi connectivity index (χ2n) is 6.94. The Kier molecular flexibility index (Phi) is 3.63.